The summed E-state index contributed by atoms with van der Waals surface area (Å²) in [5.41, 5.74) is 4.59. The predicted octanol–water partition coefficient (Wildman–Crippen LogP) is 9.72. The number of nitrogens with zero attached hydrogens (tertiary/aromatic N) is 1. The standard InChI is InChI=1S/C38H57NO2/c1-26(2)9-8-10-27(3)33-18-19-34-32-17-14-29-25-31(21-23-37(29,4)35(32)22-24-38(33,34)5)41-36(40)20-13-28-11-15-30(16-12-28)39(6)7/h11-16,20,26-27,31-35H,8-10,17-19,21-25H2,1-7H3/b20-13+/t27-,31-,32+,33-,34+,35+,37-,38+/m0/s1. The molecule has 0 N–H and O–H groups in total. The molecule has 0 amide bonds. The Bertz CT molecular complexity index is 1120. The Labute approximate surface area is 251 Å². The molecule has 5 rings (SSSR count). The summed E-state index contributed by atoms with van der Waals surface area (Å²) >= 11 is 0. The van der Waals surface area contributed by atoms with E-state index in [0.29, 0.717) is 5.41 Å². The van der Waals surface area contributed by atoms with E-state index in [-0.39, 0.29) is 17.5 Å². The van der Waals surface area contributed by atoms with E-state index in [1.165, 1.54) is 51.4 Å². The van der Waals surface area contributed by atoms with Crippen molar-refractivity contribution in [3.63, 3.8) is 0 Å². The van der Waals surface area contributed by atoms with Crippen molar-refractivity contribution in [2.45, 2.75) is 111 Å². The molecule has 0 saturated heterocycles. The molecule has 4 aliphatic rings. The van der Waals surface area contributed by atoms with Crippen LogP contribution < -0.4 is 4.90 Å². The Morgan fingerprint density at radius 1 is 1.00 bits per heavy atom. The Kier molecular flexibility index (Phi) is 9.12. The average molecular weight is 560 g/mol. The average Bonchev–Trinajstić information content (AvgIpc) is 3.29. The van der Waals surface area contributed by atoms with Crippen LogP contribution in [0.3, 0.4) is 0 Å². The third-order valence-electron chi connectivity index (χ3n) is 12.4. The number of anilines is 1. The molecule has 3 nitrogen and oxygen atoms in total. The first kappa shape index (κ1) is 30.4. The molecule has 0 radical (unpaired) electrons. The Hall–Kier alpha value is -2.03. The molecule has 8 atom stereocenters. The van der Waals surface area contributed by atoms with Crippen LogP contribution in [0.1, 0.15) is 111 Å². The van der Waals surface area contributed by atoms with Gasteiger partial charge in [-0.15, -0.1) is 0 Å². The summed E-state index contributed by atoms with van der Waals surface area (Å²) in [7, 11) is 4.07. The van der Waals surface area contributed by atoms with Gasteiger partial charge in [0.1, 0.15) is 6.10 Å². The first-order chi connectivity index (χ1) is 19.5. The topological polar surface area (TPSA) is 29.5 Å². The summed E-state index contributed by atoms with van der Waals surface area (Å²) in [5, 5.41) is 0. The summed E-state index contributed by atoms with van der Waals surface area (Å²) in [6, 6.07) is 8.24. The first-order valence-electron chi connectivity index (χ1n) is 16.9. The van der Waals surface area contributed by atoms with Gasteiger partial charge in [0.05, 0.1) is 0 Å². The Morgan fingerprint density at radius 2 is 1.76 bits per heavy atom. The number of hydrogen-bond donors (Lipinski definition) is 0. The van der Waals surface area contributed by atoms with E-state index in [1.807, 2.05) is 32.3 Å². The molecule has 4 aliphatic carbocycles. The van der Waals surface area contributed by atoms with Crippen LogP contribution in [0.25, 0.3) is 6.08 Å². The van der Waals surface area contributed by atoms with Gasteiger partial charge in [0, 0.05) is 32.3 Å². The first-order valence-corrected chi connectivity index (χ1v) is 16.9. The van der Waals surface area contributed by atoms with Gasteiger partial charge in [-0.2, -0.15) is 0 Å². The second kappa shape index (κ2) is 12.3. The van der Waals surface area contributed by atoms with Gasteiger partial charge < -0.3 is 9.64 Å². The third kappa shape index (κ3) is 6.21. The van der Waals surface area contributed by atoms with Gasteiger partial charge in [-0.05, 0) is 115 Å². The van der Waals surface area contributed by atoms with Gasteiger partial charge in [0.15, 0.2) is 0 Å². The number of hydrogen-bond acceptors (Lipinski definition) is 3. The number of carbonyl (C=O) groups is 1. The van der Waals surface area contributed by atoms with E-state index in [2.05, 4.69) is 57.7 Å². The molecule has 3 heteroatoms. The fourth-order valence-electron chi connectivity index (χ4n) is 10.0. The number of fused-ring (bicyclic) bond motifs is 5. The van der Waals surface area contributed by atoms with Crippen LogP contribution >= 0.6 is 0 Å². The lowest BCUT2D eigenvalue weighted by Crippen LogP contribution is -2.51. The number of benzene rings is 1. The number of esters is 1. The van der Waals surface area contributed by atoms with Crippen LogP contribution in [-0.4, -0.2) is 26.2 Å². The number of rotatable bonds is 9. The van der Waals surface area contributed by atoms with Gasteiger partial charge in [0.25, 0.3) is 0 Å². The van der Waals surface area contributed by atoms with Crippen molar-refractivity contribution >= 4 is 17.7 Å². The quantitative estimate of drug-likeness (QED) is 0.171. The molecular formula is C38H57NO2. The van der Waals surface area contributed by atoms with E-state index in [0.717, 1.165) is 66.0 Å². The molecule has 41 heavy (non-hydrogen) atoms. The van der Waals surface area contributed by atoms with Gasteiger partial charge in [-0.1, -0.05) is 77.7 Å². The van der Waals surface area contributed by atoms with Crippen molar-refractivity contribution in [2.75, 3.05) is 19.0 Å². The van der Waals surface area contributed by atoms with E-state index in [9.17, 15) is 4.79 Å². The molecule has 0 bridgehead atoms. The molecule has 1 aromatic carbocycles. The fraction of sp³-hybridized carbons (Fsp3) is 0.711. The molecule has 0 aromatic heterocycles. The summed E-state index contributed by atoms with van der Waals surface area (Å²) in [4.78, 5) is 14.8. The number of ether oxygens (including phenoxy) is 1. The van der Waals surface area contributed by atoms with E-state index >= 15 is 0 Å². The zero-order chi connectivity index (χ0) is 29.4. The van der Waals surface area contributed by atoms with Gasteiger partial charge in [-0.3, -0.25) is 0 Å². The second-order valence-electron chi connectivity index (χ2n) is 15.4. The Balaban J connectivity index is 1.19. The summed E-state index contributed by atoms with van der Waals surface area (Å²) < 4.78 is 6.00. The van der Waals surface area contributed by atoms with Crippen LogP contribution in [0.15, 0.2) is 42.0 Å². The highest BCUT2D eigenvalue weighted by Crippen LogP contribution is 2.67. The minimum atomic E-state index is -0.211. The van der Waals surface area contributed by atoms with Crippen LogP contribution in [0.2, 0.25) is 0 Å². The number of carbonyl (C=O) groups excluding carboxylic acids is 1. The molecule has 0 unspecified atom stereocenters. The van der Waals surface area contributed by atoms with Crippen molar-refractivity contribution in [3.05, 3.63) is 47.6 Å². The van der Waals surface area contributed by atoms with Crippen LogP contribution in [0.5, 0.6) is 0 Å². The SMILES string of the molecule is CC(C)CCC[C@H](C)[C@@H]1CC[C@@H]2[C@H]3CC=C4C[C@@H](OC(=O)/C=C/c5ccc(N(C)C)cc5)CC[C@]4(C)[C@@H]3CC[C@@]21C. The smallest absolute Gasteiger partial charge is 0.331 e. The molecule has 3 fully saturated rings. The van der Waals surface area contributed by atoms with E-state index in [4.69, 9.17) is 4.74 Å². The van der Waals surface area contributed by atoms with Gasteiger partial charge in [0.2, 0.25) is 0 Å². The molecule has 0 heterocycles. The van der Waals surface area contributed by atoms with Crippen LogP contribution in [0, 0.1) is 46.3 Å². The molecule has 226 valence electrons. The van der Waals surface area contributed by atoms with E-state index in [1.54, 1.807) is 11.6 Å². The highest BCUT2D eigenvalue weighted by atomic mass is 16.5. The molecule has 1 aromatic rings. The summed E-state index contributed by atoms with van der Waals surface area (Å²) in [6.45, 7) is 12.6. The van der Waals surface area contributed by atoms with Crippen molar-refractivity contribution in [1.29, 1.82) is 0 Å². The third-order valence-corrected chi connectivity index (χ3v) is 12.4. The van der Waals surface area contributed by atoms with Gasteiger partial charge >= 0.3 is 5.97 Å². The molecule has 3 saturated carbocycles. The van der Waals surface area contributed by atoms with Crippen molar-refractivity contribution < 1.29 is 9.53 Å². The van der Waals surface area contributed by atoms with Crippen LogP contribution in [0.4, 0.5) is 5.69 Å². The van der Waals surface area contributed by atoms with Crippen molar-refractivity contribution in [3.8, 4) is 0 Å². The lowest BCUT2D eigenvalue weighted by Gasteiger charge is -2.58. The van der Waals surface area contributed by atoms with Crippen molar-refractivity contribution in [1.82, 2.24) is 0 Å². The highest BCUT2D eigenvalue weighted by Gasteiger charge is 2.59. The summed E-state index contributed by atoms with van der Waals surface area (Å²) in [6.07, 6.45) is 20.3. The molecule has 0 aliphatic heterocycles. The lowest BCUT2D eigenvalue weighted by molar-refractivity contribution is -0.145. The fourth-order valence-corrected chi connectivity index (χ4v) is 10.0. The normalized spacial score (nSPS) is 35.4. The van der Waals surface area contributed by atoms with Gasteiger partial charge in [-0.25, -0.2) is 4.79 Å². The zero-order valence-electron chi connectivity index (χ0n) is 27.1. The maximum Gasteiger partial charge on any atom is 0.331 e. The van der Waals surface area contributed by atoms with E-state index < -0.39 is 0 Å². The summed E-state index contributed by atoms with van der Waals surface area (Å²) in [5.74, 6) is 4.93. The zero-order valence-corrected chi connectivity index (χ0v) is 27.1. The number of allylic oxidation sites excluding steroid dienone is 1. The largest absolute Gasteiger partial charge is 0.459 e. The lowest BCUT2D eigenvalue weighted by atomic mass is 9.47. The monoisotopic (exact) mass is 559 g/mol. The van der Waals surface area contributed by atoms with Crippen LogP contribution in [-0.2, 0) is 9.53 Å². The molecular weight excluding hydrogens is 502 g/mol. The second-order valence-corrected chi connectivity index (χ2v) is 15.4. The predicted molar refractivity (Wildman–Crippen MR) is 173 cm³/mol. The minimum Gasteiger partial charge on any atom is -0.459 e. The maximum atomic E-state index is 12.7. The Morgan fingerprint density at radius 3 is 2.46 bits per heavy atom. The molecule has 0 spiro atoms. The highest BCUT2D eigenvalue weighted by molar-refractivity contribution is 5.87. The van der Waals surface area contributed by atoms with Crippen molar-refractivity contribution in [2.24, 2.45) is 46.3 Å². The minimum absolute atomic E-state index is 0.00977. The maximum absolute atomic E-state index is 12.7.